The van der Waals surface area contributed by atoms with Crippen LogP contribution in [0.3, 0.4) is 0 Å². The Hall–Kier alpha value is -2.53. The minimum atomic E-state index is -1.14. The van der Waals surface area contributed by atoms with Gasteiger partial charge in [-0.3, -0.25) is 4.79 Å². The van der Waals surface area contributed by atoms with Crippen LogP contribution in [0.5, 0.6) is 5.75 Å². The number of carboxylic acids is 1. The van der Waals surface area contributed by atoms with Gasteiger partial charge in [0.1, 0.15) is 5.75 Å². The van der Waals surface area contributed by atoms with E-state index in [9.17, 15) is 14.7 Å². The van der Waals surface area contributed by atoms with E-state index in [1.54, 1.807) is 36.4 Å². The number of rotatable bonds is 7. The molecule has 0 aliphatic rings. The van der Waals surface area contributed by atoms with Crippen LogP contribution in [0.25, 0.3) is 0 Å². The van der Waals surface area contributed by atoms with Crippen LogP contribution in [-0.2, 0) is 16.0 Å². The fourth-order valence-corrected chi connectivity index (χ4v) is 2.47. The first-order valence-corrected chi connectivity index (χ1v) is 8.27. The molecule has 132 valence electrons. The van der Waals surface area contributed by atoms with Crippen molar-refractivity contribution < 1.29 is 19.4 Å². The highest BCUT2D eigenvalue weighted by atomic mass is 35.5. The van der Waals surface area contributed by atoms with Crippen LogP contribution in [0.1, 0.15) is 31.0 Å². The zero-order valence-electron chi connectivity index (χ0n) is 14.0. The Labute approximate surface area is 151 Å². The van der Waals surface area contributed by atoms with Crippen molar-refractivity contribution in [3.05, 3.63) is 64.7 Å². The highest BCUT2D eigenvalue weighted by molar-refractivity contribution is 6.30. The van der Waals surface area contributed by atoms with Crippen molar-refractivity contribution in [3.63, 3.8) is 0 Å². The third kappa shape index (κ3) is 5.50. The molecule has 0 aliphatic heterocycles. The predicted octanol–water partition coefficient (Wildman–Crippen LogP) is 3.61. The lowest BCUT2D eigenvalue weighted by Gasteiger charge is -2.17. The first-order valence-electron chi connectivity index (χ1n) is 7.89. The van der Waals surface area contributed by atoms with Gasteiger partial charge in [-0.25, -0.2) is 4.79 Å². The maximum absolute atomic E-state index is 12.3. The highest BCUT2D eigenvalue weighted by Gasteiger charge is 2.22. The quantitative estimate of drug-likeness (QED) is 0.789. The first-order chi connectivity index (χ1) is 11.9. The number of ether oxygens (including phenoxy) is 1. The second kappa shape index (κ2) is 8.53. The normalized spacial score (nSPS) is 11.8. The second-order valence-corrected chi connectivity index (χ2v) is 6.28. The molecule has 25 heavy (non-hydrogen) atoms. The summed E-state index contributed by atoms with van der Waals surface area (Å²) in [6.07, 6.45) is 0.00493. The van der Waals surface area contributed by atoms with Gasteiger partial charge in [-0.05, 0) is 37.6 Å². The van der Waals surface area contributed by atoms with Crippen molar-refractivity contribution in [2.75, 3.05) is 0 Å². The third-order valence-corrected chi connectivity index (χ3v) is 3.69. The average molecular weight is 362 g/mol. The van der Waals surface area contributed by atoms with Gasteiger partial charge in [0.2, 0.25) is 5.91 Å². The van der Waals surface area contributed by atoms with Gasteiger partial charge in [-0.15, -0.1) is 0 Å². The van der Waals surface area contributed by atoms with E-state index in [0.717, 1.165) is 0 Å². The summed E-state index contributed by atoms with van der Waals surface area (Å²) >= 11 is 5.82. The summed E-state index contributed by atoms with van der Waals surface area (Å²) in [6.45, 7) is 3.80. The van der Waals surface area contributed by atoms with Crippen LogP contribution < -0.4 is 10.1 Å². The van der Waals surface area contributed by atoms with Crippen molar-refractivity contribution in [2.24, 2.45) is 0 Å². The van der Waals surface area contributed by atoms with Crippen LogP contribution in [0, 0.1) is 0 Å². The van der Waals surface area contributed by atoms with Gasteiger partial charge in [-0.1, -0.05) is 41.9 Å². The number of carboxylic acid groups (broad SMARTS) is 1. The van der Waals surface area contributed by atoms with Crippen molar-refractivity contribution in [3.8, 4) is 5.75 Å². The summed E-state index contributed by atoms with van der Waals surface area (Å²) in [5.74, 6) is -0.921. The van der Waals surface area contributed by atoms with Crippen LogP contribution in [0.2, 0.25) is 5.02 Å². The Morgan fingerprint density at radius 2 is 1.76 bits per heavy atom. The van der Waals surface area contributed by atoms with Crippen LogP contribution >= 0.6 is 11.6 Å². The maximum atomic E-state index is 12.3. The Bertz CT molecular complexity index is 743. The molecule has 2 aromatic rings. The average Bonchev–Trinajstić information content (AvgIpc) is 2.55. The molecule has 0 saturated heterocycles. The standard InChI is InChI=1S/C19H20ClNO4/c1-12(2)25-16-6-4-3-5-14(16)11-17(22)21-18(19(23)24)13-7-9-15(20)10-8-13/h3-10,12,18H,11H2,1-2H3,(H,21,22)(H,23,24). The van der Waals surface area contributed by atoms with Crippen molar-refractivity contribution in [1.29, 1.82) is 0 Å². The van der Waals surface area contributed by atoms with Crippen molar-refractivity contribution in [2.45, 2.75) is 32.4 Å². The van der Waals surface area contributed by atoms with E-state index in [1.807, 2.05) is 26.0 Å². The van der Waals surface area contributed by atoms with Gasteiger partial charge >= 0.3 is 5.97 Å². The molecule has 5 nitrogen and oxygen atoms in total. The lowest BCUT2D eigenvalue weighted by Crippen LogP contribution is -2.34. The van der Waals surface area contributed by atoms with Gasteiger partial charge in [0.25, 0.3) is 0 Å². The molecule has 2 N–H and O–H groups in total. The zero-order chi connectivity index (χ0) is 18.4. The fraction of sp³-hybridized carbons (Fsp3) is 0.263. The third-order valence-electron chi connectivity index (χ3n) is 3.44. The summed E-state index contributed by atoms with van der Waals surface area (Å²) < 4.78 is 5.69. The number of hydrogen-bond donors (Lipinski definition) is 2. The molecular formula is C19H20ClNO4. The monoisotopic (exact) mass is 361 g/mol. The highest BCUT2D eigenvalue weighted by Crippen LogP contribution is 2.21. The Morgan fingerprint density at radius 1 is 1.12 bits per heavy atom. The smallest absolute Gasteiger partial charge is 0.330 e. The largest absolute Gasteiger partial charge is 0.491 e. The first kappa shape index (κ1) is 18.8. The van der Waals surface area contributed by atoms with Gasteiger partial charge in [0, 0.05) is 10.6 Å². The van der Waals surface area contributed by atoms with Gasteiger partial charge in [-0.2, -0.15) is 0 Å². The molecule has 6 heteroatoms. The lowest BCUT2D eigenvalue weighted by molar-refractivity contribution is -0.141. The second-order valence-electron chi connectivity index (χ2n) is 5.84. The molecule has 1 unspecified atom stereocenters. The van der Waals surface area contributed by atoms with Gasteiger partial charge < -0.3 is 15.2 Å². The van der Waals surface area contributed by atoms with E-state index in [4.69, 9.17) is 16.3 Å². The SMILES string of the molecule is CC(C)Oc1ccccc1CC(=O)NC(C(=O)O)c1ccc(Cl)cc1. The van der Waals surface area contributed by atoms with E-state index < -0.39 is 17.9 Å². The molecule has 0 radical (unpaired) electrons. The molecule has 2 rings (SSSR count). The molecule has 2 aromatic carbocycles. The fourth-order valence-electron chi connectivity index (χ4n) is 2.35. The number of aliphatic carboxylic acids is 1. The van der Waals surface area contributed by atoms with Crippen molar-refractivity contribution >= 4 is 23.5 Å². The van der Waals surface area contributed by atoms with Crippen molar-refractivity contribution in [1.82, 2.24) is 5.32 Å². The topological polar surface area (TPSA) is 75.6 Å². The summed E-state index contributed by atoms with van der Waals surface area (Å²) in [5.41, 5.74) is 1.16. The van der Waals surface area contributed by atoms with Gasteiger partial charge in [0.05, 0.1) is 12.5 Å². The molecule has 0 bridgehead atoms. The Balaban J connectivity index is 2.12. The molecule has 0 heterocycles. The Morgan fingerprint density at radius 3 is 2.36 bits per heavy atom. The van der Waals surface area contributed by atoms with E-state index in [0.29, 0.717) is 21.9 Å². The molecule has 0 spiro atoms. The number of nitrogens with one attached hydrogen (secondary N) is 1. The van der Waals surface area contributed by atoms with Gasteiger partial charge in [0.15, 0.2) is 6.04 Å². The summed E-state index contributed by atoms with van der Waals surface area (Å²) in [6, 6.07) is 12.4. The number of halogens is 1. The lowest BCUT2D eigenvalue weighted by atomic mass is 10.1. The minimum absolute atomic E-state index is 0.0231. The summed E-state index contributed by atoms with van der Waals surface area (Å²) in [7, 11) is 0. The van der Waals surface area contributed by atoms with E-state index in [-0.39, 0.29) is 12.5 Å². The van der Waals surface area contributed by atoms with Crippen LogP contribution in [0.15, 0.2) is 48.5 Å². The number of carbonyl (C=O) groups excluding carboxylic acids is 1. The van der Waals surface area contributed by atoms with Crippen LogP contribution in [0.4, 0.5) is 0 Å². The summed E-state index contributed by atoms with van der Waals surface area (Å²) in [4.78, 5) is 23.9. The molecular weight excluding hydrogens is 342 g/mol. The number of benzene rings is 2. The summed E-state index contributed by atoms with van der Waals surface area (Å²) in [5, 5.41) is 12.5. The molecule has 1 atom stereocenters. The van der Waals surface area contributed by atoms with E-state index in [1.165, 1.54) is 0 Å². The molecule has 0 saturated carbocycles. The van der Waals surface area contributed by atoms with E-state index in [2.05, 4.69) is 5.32 Å². The molecule has 0 fully saturated rings. The van der Waals surface area contributed by atoms with E-state index >= 15 is 0 Å². The Kier molecular flexibility index (Phi) is 6.42. The number of carbonyl (C=O) groups is 2. The predicted molar refractivity (Wildman–Crippen MR) is 95.9 cm³/mol. The molecule has 0 aromatic heterocycles. The maximum Gasteiger partial charge on any atom is 0.330 e. The number of hydrogen-bond acceptors (Lipinski definition) is 3. The molecule has 1 amide bonds. The van der Waals surface area contributed by atoms with Crippen LogP contribution in [-0.4, -0.2) is 23.1 Å². The zero-order valence-corrected chi connectivity index (χ0v) is 14.8. The number of para-hydroxylation sites is 1. The number of amides is 1. The molecule has 0 aliphatic carbocycles. The minimum Gasteiger partial charge on any atom is -0.491 e.